The normalized spacial score (nSPS) is 11.4. The minimum absolute atomic E-state index is 0.288. The number of methoxy groups -OCH3 is 1. The number of anilines is 1. The van der Waals surface area contributed by atoms with Gasteiger partial charge in [0.15, 0.2) is 5.76 Å². The van der Waals surface area contributed by atoms with Gasteiger partial charge in [0.1, 0.15) is 17.1 Å². The molecule has 0 fully saturated rings. The fraction of sp³-hybridized carbons (Fsp3) is 0.179. The highest BCUT2D eigenvalue weighted by molar-refractivity contribution is 5.89. The maximum absolute atomic E-state index is 13.5. The van der Waals surface area contributed by atoms with Crippen LogP contribution in [0.1, 0.15) is 12.5 Å². The summed E-state index contributed by atoms with van der Waals surface area (Å²) in [6, 6.07) is 20.4. The maximum atomic E-state index is 13.5. The smallest absolute Gasteiger partial charge is 0.282 e. The Kier molecular flexibility index (Phi) is 6.16. The molecule has 0 spiro atoms. The summed E-state index contributed by atoms with van der Waals surface area (Å²) in [4.78, 5) is 20.3. The largest absolute Gasteiger partial charge is 0.496 e. The van der Waals surface area contributed by atoms with Gasteiger partial charge in [-0.2, -0.15) is 9.78 Å². The Hall–Kier alpha value is -4.59. The lowest BCUT2D eigenvalue weighted by Crippen LogP contribution is -2.20. The van der Waals surface area contributed by atoms with Gasteiger partial charge in [0.05, 0.1) is 36.2 Å². The van der Waals surface area contributed by atoms with E-state index in [-0.39, 0.29) is 11.4 Å². The van der Waals surface area contributed by atoms with Gasteiger partial charge in [-0.3, -0.25) is 4.79 Å². The zero-order valence-corrected chi connectivity index (χ0v) is 20.6. The molecule has 0 amide bonds. The summed E-state index contributed by atoms with van der Waals surface area (Å²) in [7, 11) is 5.54. The molecule has 0 aliphatic rings. The van der Waals surface area contributed by atoms with Gasteiger partial charge in [-0.25, -0.2) is 4.98 Å². The van der Waals surface area contributed by atoms with Crippen molar-refractivity contribution in [2.75, 3.05) is 32.7 Å². The third-order valence-electron chi connectivity index (χ3n) is 5.84. The molecule has 8 nitrogen and oxygen atoms in total. The highest BCUT2D eigenvalue weighted by atomic mass is 16.5. The number of ether oxygens (including phenoxy) is 2. The molecule has 0 aliphatic heterocycles. The molecule has 2 heterocycles. The van der Waals surface area contributed by atoms with E-state index in [0.717, 1.165) is 16.6 Å². The Morgan fingerprint density at radius 2 is 1.86 bits per heavy atom. The summed E-state index contributed by atoms with van der Waals surface area (Å²) < 4.78 is 18.7. The van der Waals surface area contributed by atoms with Crippen LogP contribution in [0.4, 0.5) is 5.69 Å². The van der Waals surface area contributed by atoms with Crippen LogP contribution in [0, 0.1) is 0 Å². The molecule has 0 aliphatic carbocycles. The van der Waals surface area contributed by atoms with Crippen LogP contribution in [0.5, 0.6) is 11.5 Å². The topological polar surface area (TPSA) is 82.1 Å². The van der Waals surface area contributed by atoms with Gasteiger partial charge in [-0.1, -0.05) is 18.2 Å². The first-order valence-corrected chi connectivity index (χ1v) is 11.6. The van der Waals surface area contributed by atoms with E-state index in [0.29, 0.717) is 40.4 Å². The van der Waals surface area contributed by atoms with E-state index in [2.05, 4.69) is 5.10 Å². The van der Waals surface area contributed by atoms with E-state index in [9.17, 15) is 4.79 Å². The lowest BCUT2D eigenvalue weighted by molar-refractivity contribution is 0.340. The average Bonchev–Trinajstić information content (AvgIpc) is 3.33. The third-order valence-corrected chi connectivity index (χ3v) is 5.84. The molecule has 5 aromatic rings. The van der Waals surface area contributed by atoms with Crippen LogP contribution >= 0.6 is 0 Å². The second-order valence-corrected chi connectivity index (χ2v) is 8.35. The Labute approximate surface area is 208 Å². The first-order valence-electron chi connectivity index (χ1n) is 11.6. The molecule has 0 unspecified atom stereocenters. The summed E-state index contributed by atoms with van der Waals surface area (Å²) >= 11 is 0. The van der Waals surface area contributed by atoms with Crippen LogP contribution in [0.3, 0.4) is 0 Å². The van der Waals surface area contributed by atoms with E-state index in [1.54, 1.807) is 31.5 Å². The molecule has 182 valence electrons. The van der Waals surface area contributed by atoms with Gasteiger partial charge in [-0.05, 0) is 49.4 Å². The minimum Gasteiger partial charge on any atom is -0.496 e. The molecular formula is C28H26N4O4. The fourth-order valence-electron chi connectivity index (χ4n) is 4.02. The van der Waals surface area contributed by atoms with Crippen molar-refractivity contribution in [3.05, 3.63) is 82.6 Å². The van der Waals surface area contributed by atoms with Crippen molar-refractivity contribution in [3.63, 3.8) is 0 Å². The van der Waals surface area contributed by atoms with Gasteiger partial charge in [-0.15, -0.1) is 0 Å². The van der Waals surface area contributed by atoms with Crippen molar-refractivity contribution < 1.29 is 13.9 Å². The molecule has 0 N–H and O–H groups in total. The zero-order chi connectivity index (χ0) is 25.2. The van der Waals surface area contributed by atoms with Crippen molar-refractivity contribution >= 4 is 33.8 Å². The van der Waals surface area contributed by atoms with E-state index in [1.165, 1.54) is 4.68 Å². The highest BCUT2D eigenvalue weighted by Gasteiger charge is 2.18. The van der Waals surface area contributed by atoms with E-state index >= 15 is 0 Å². The summed E-state index contributed by atoms with van der Waals surface area (Å²) in [6.07, 6.45) is 1.61. The number of aromatic nitrogens is 2. The molecule has 2 aromatic heterocycles. The van der Waals surface area contributed by atoms with Crippen LogP contribution < -0.4 is 19.9 Å². The number of nitrogens with zero attached hydrogens (tertiary/aromatic N) is 4. The fourth-order valence-corrected chi connectivity index (χ4v) is 4.02. The van der Waals surface area contributed by atoms with E-state index < -0.39 is 0 Å². The van der Waals surface area contributed by atoms with Crippen LogP contribution in [0.25, 0.3) is 33.5 Å². The Balaban J connectivity index is 1.70. The zero-order valence-electron chi connectivity index (χ0n) is 20.6. The number of furan rings is 1. The standard InChI is InChI=1S/C28H26N4O4/c1-5-35-25-15-19(31(2)3)14-13-18(25)17-29-32-27(30-22-10-7-6-9-20(22)28(32)33)26-16-21-23(34-4)11-8-12-24(21)36-26/h6-17H,5H2,1-4H3. The molecular weight excluding hydrogens is 456 g/mol. The van der Waals surface area contributed by atoms with Gasteiger partial charge in [0, 0.05) is 31.4 Å². The number of para-hydroxylation sites is 1. The quantitative estimate of drug-likeness (QED) is 0.298. The second-order valence-electron chi connectivity index (χ2n) is 8.35. The molecule has 0 saturated carbocycles. The first-order chi connectivity index (χ1) is 17.5. The molecule has 36 heavy (non-hydrogen) atoms. The molecule has 0 bridgehead atoms. The van der Waals surface area contributed by atoms with Crippen LogP contribution in [-0.4, -0.2) is 43.7 Å². The van der Waals surface area contributed by atoms with Gasteiger partial charge in [0.25, 0.3) is 5.56 Å². The second kappa shape index (κ2) is 9.58. The Bertz CT molecular complexity index is 1650. The Morgan fingerprint density at radius 1 is 1.03 bits per heavy atom. The van der Waals surface area contributed by atoms with Crippen molar-refractivity contribution in [2.24, 2.45) is 5.10 Å². The number of fused-ring (bicyclic) bond motifs is 2. The van der Waals surface area contributed by atoms with Crippen LogP contribution in [0.15, 0.2) is 81.0 Å². The minimum atomic E-state index is -0.304. The molecule has 0 atom stereocenters. The van der Waals surface area contributed by atoms with Crippen molar-refractivity contribution in [1.29, 1.82) is 0 Å². The molecule has 0 saturated heterocycles. The average molecular weight is 483 g/mol. The van der Waals surface area contributed by atoms with Gasteiger partial charge in [0.2, 0.25) is 5.82 Å². The lowest BCUT2D eigenvalue weighted by atomic mass is 10.2. The predicted octanol–water partition coefficient (Wildman–Crippen LogP) is 5.17. The molecule has 8 heteroatoms. The maximum Gasteiger partial charge on any atom is 0.282 e. The molecule has 3 aromatic carbocycles. The number of hydrogen-bond donors (Lipinski definition) is 0. The summed E-state index contributed by atoms with van der Waals surface area (Å²) in [5, 5.41) is 5.81. The van der Waals surface area contributed by atoms with Crippen molar-refractivity contribution in [3.8, 4) is 23.1 Å². The van der Waals surface area contributed by atoms with Gasteiger partial charge < -0.3 is 18.8 Å². The lowest BCUT2D eigenvalue weighted by Gasteiger charge is -2.15. The monoisotopic (exact) mass is 482 g/mol. The molecule has 5 rings (SSSR count). The van der Waals surface area contributed by atoms with Crippen molar-refractivity contribution in [2.45, 2.75) is 6.92 Å². The summed E-state index contributed by atoms with van der Waals surface area (Å²) in [6.45, 7) is 2.43. The number of rotatable bonds is 7. The number of hydrogen-bond acceptors (Lipinski definition) is 7. The van der Waals surface area contributed by atoms with Crippen LogP contribution in [-0.2, 0) is 0 Å². The Morgan fingerprint density at radius 3 is 2.64 bits per heavy atom. The predicted molar refractivity (Wildman–Crippen MR) is 143 cm³/mol. The van der Waals surface area contributed by atoms with Gasteiger partial charge >= 0.3 is 0 Å². The summed E-state index contributed by atoms with van der Waals surface area (Å²) in [5.74, 6) is 2.03. The van der Waals surface area contributed by atoms with Crippen LogP contribution in [0.2, 0.25) is 0 Å². The number of benzene rings is 3. The third kappa shape index (κ3) is 4.17. The SMILES string of the molecule is CCOc1cc(N(C)C)ccc1C=Nn1c(-c2cc3c(OC)cccc3o2)nc2ccccc2c1=O. The first kappa shape index (κ1) is 23.2. The van der Waals surface area contributed by atoms with E-state index in [4.69, 9.17) is 18.9 Å². The van der Waals surface area contributed by atoms with E-state index in [1.807, 2.05) is 74.4 Å². The summed E-state index contributed by atoms with van der Waals surface area (Å²) in [5.41, 5.74) is 2.61. The molecule has 0 radical (unpaired) electrons. The highest BCUT2D eigenvalue weighted by Crippen LogP contribution is 2.33. The van der Waals surface area contributed by atoms with Crippen molar-refractivity contribution in [1.82, 2.24) is 9.66 Å².